The fraction of sp³-hybridized carbons (Fsp3) is 0.452. The van der Waals surface area contributed by atoms with Crippen LogP contribution in [-0.2, 0) is 41.6 Å². The largest absolute Gasteiger partial charge is 0.508 e. The number of ether oxygens (including phenoxy) is 1. The highest BCUT2D eigenvalue weighted by Crippen LogP contribution is 2.19. The molecule has 0 aliphatic carbocycles. The van der Waals surface area contributed by atoms with Crippen LogP contribution in [0.3, 0.4) is 0 Å². The average molecular weight is 596 g/mol. The Bertz CT molecular complexity index is 1270. The second-order valence-corrected chi connectivity index (χ2v) is 11.1. The molecule has 0 saturated carbocycles. The summed E-state index contributed by atoms with van der Waals surface area (Å²) in [5.41, 5.74) is 10.6. The van der Waals surface area contributed by atoms with Crippen LogP contribution in [0.25, 0.3) is 0 Å². The Kier molecular flexibility index (Phi) is 12.1. The van der Waals surface area contributed by atoms with E-state index in [0.717, 1.165) is 10.6 Å². The summed E-state index contributed by atoms with van der Waals surface area (Å²) < 4.78 is 4.89. The molecule has 4 atom stereocenters. The molecule has 1 heterocycles. The first-order valence-electron chi connectivity index (χ1n) is 14.3. The van der Waals surface area contributed by atoms with E-state index in [1.165, 1.54) is 19.2 Å². The molecule has 1 saturated heterocycles. The second-order valence-electron chi connectivity index (χ2n) is 11.1. The van der Waals surface area contributed by atoms with Crippen LogP contribution in [0.1, 0.15) is 44.2 Å². The van der Waals surface area contributed by atoms with Crippen LogP contribution in [-0.4, -0.2) is 71.5 Å². The number of amides is 4. The maximum atomic E-state index is 13.8. The summed E-state index contributed by atoms with van der Waals surface area (Å²) in [6.45, 7) is 3.33. The molecule has 0 spiro atoms. The molecule has 1 fully saturated rings. The average Bonchev–Trinajstić information content (AvgIpc) is 2.98. The van der Waals surface area contributed by atoms with Gasteiger partial charge in [-0.1, -0.05) is 56.3 Å². The lowest BCUT2D eigenvalue weighted by atomic mass is 9.89. The van der Waals surface area contributed by atoms with Gasteiger partial charge in [-0.25, -0.2) is 9.80 Å². The molecule has 0 unspecified atom stereocenters. The van der Waals surface area contributed by atoms with Crippen molar-refractivity contribution in [3.63, 3.8) is 0 Å². The van der Waals surface area contributed by atoms with E-state index in [0.29, 0.717) is 12.0 Å². The quantitative estimate of drug-likeness (QED) is 0.238. The molecule has 0 bridgehead atoms. The molecule has 3 rings (SSSR count). The number of nitrogens with one attached hydrogen (secondary N) is 3. The molecule has 2 aromatic rings. The number of phenolic OH excluding ortho intramolecular Hbond substituents is 1. The summed E-state index contributed by atoms with van der Waals surface area (Å²) in [4.78, 5) is 66.1. The number of hydrazine groups is 1. The van der Waals surface area contributed by atoms with E-state index in [9.17, 15) is 29.1 Å². The molecular weight excluding hydrogens is 554 g/mol. The summed E-state index contributed by atoms with van der Waals surface area (Å²) >= 11 is 0. The summed E-state index contributed by atoms with van der Waals surface area (Å²) in [7, 11) is 1.22. The molecule has 12 nitrogen and oxygen atoms in total. The molecule has 4 amide bonds. The summed E-state index contributed by atoms with van der Waals surface area (Å²) in [6, 6.07) is 12.3. The van der Waals surface area contributed by atoms with E-state index in [-0.39, 0.29) is 37.4 Å². The van der Waals surface area contributed by atoms with Crippen molar-refractivity contribution in [2.24, 2.45) is 17.6 Å². The number of hydrogen-bond donors (Lipinski definition) is 5. The minimum absolute atomic E-state index is 0.00639. The summed E-state index contributed by atoms with van der Waals surface area (Å²) in [5.74, 6) is -3.85. The molecule has 6 N–H and O–H groups in total. The van der Waals surface area contributed by atoms with Gasteiger partial charge in [0.15, 0.2) is 0 Å². The first kappa shape index (κ1) is 33.1. The number of carbonyl (C=O) groups excluding carboxylic acids is 5. The van der Waals surface area contributed by atoms with Crippen molar-refractivity contribution < 1.29 is 33.8 Å². The lowest BCUT2D eigenvalue weighted by Gasteiger charge is -2.35. The van der Waals surface area contributed by atoms with Gasteiger partial charge in [-0.15, -0.1) is 0 Å². The van der Waals surface area contributed by atoms with Crippen LogP contribution in [0.2, 0.25) is 0 Å². The number of esters is 1. The van der Waals surface area contributed by atoms with Gasteiger partial charge in [-0.2, -0.15) is 0 Å². The van der Waals surface area contributed by atoms with Gasteiger partial charge in [0.2, 0.25) is 17.7 Å². The number of methoxy groups -OCH3 is 1. The van der Waals surface area contributed by atoms with E-state index in [1.807, 2.05) is 13.8 Å². The predicted octanol–water partition coefficient (Wildman–Crippen LogP) is 0.963. The third-order valence-electron chi connectivity index (χ3n) is 7.28. The zero-order valence-corrected chi connectivity index (χ0v) is 24.7. The maximum Gasteiger partial charge on any atom is 0.328 e. The first-order valence-corrected chi connectivity index (χ1v) is 14.3. The van der Waals surface area contributed by atoms with Gasteiger partial charge in [0.1, 0.15) is 17.8 Å². The van der Waals surface area contributed by atoms with E-state index in [2.05, 4.69) is 16.1 Å². The zero-order valence-electron chi connectivity index (χ0n) is 24.7. The molecule has 1 aliphatic rings. The molecule has 43 heavy (non-hydrogen) atoms. The van der Waals surface area contributed by atoms with Gasteiger partial charge in [0.25, 0.3) is 5.91 Å². The van der Waals surface area contributed by atoms with E-state index in [1.54, 1.807) is 42.5 Å². The topological polar surface area (TPSA) is 180 Å². The van der Waals surface area contributed by atoms with Gasteiger partial charge in [0, 0.05) is 18.9 Å². The van der Waals surface area contributed by atoms with Crippen LogP contribution >= 0.6 is 0 Å². The standard InChI is InChI=1S/C31H41N5O7/c1-19(2)15-25(31(42)43-3)34-30(41)26(17-20-7-5-4-6-8-20)36-28(39)18-33-27(38)14-13-23(29(40)35-36)24(32)16-21-9-11-22(37)12-10-21/h4-12,19,23-26,37H,13-18,32H2,1-3H3,(H,33,38)(H,34,41)(H,35,40)/t23-,24-,25-,26-/m0/s1. The van der Waals surface area contributed by atoms with Crippen molar-refractivity contribution in [3.05, 3.63) is 65.7 Å². The molecule has 2 aromatic carbocycles. The highest BCUT2D eigenvalue weighted by atomic mass is 16.5. The number of benzene rings is 2. The van der Waals surface area contributed by atoms with Gasteiger partial charge in [0.05, 0.1) is 19.6 Å². The number of nitrogens with two attached hydrogens (primary N) is 1. The second kappa shape index (κ2) is 15.7. The molecule has 232 valence electrons. The lowest BCUT2D eigenvalue weighted by molar-refractivity contribution is -0.153. The normalized spacial score (nSPS) is 18.2. The highest BCUT2D eigenvalue weighted by Gasteiger charge is 2.37. The molecule has 0 radical (unpaired) electrons. The molecule has 0 aromatic heterocycles. The van der Waals surface area contributed by atoms with Crippen molar-refractivity contribution in [3.8, 4) is 5.75 Å². The smallest absolute Gasteiger partial charge is 0.328 e. The van der Waals surface area contributed by atoms with E-state index in [4.69, 9.17) is 10.5 Å². The Labute approximate surface area is 251 Å². The van der Waals surface area contributed by atoms with Gasteiger partial charge in [-0.3, -0.25) is 24.6 Å². The lowest BCUT2D eigenvalue weighted by Crippen LogP contribution is -2.63. The van der Waals surface area contributed by atoms with Gasteiger partial charge < -0.3 is 26.2 Å². The Morgan fingerprint density at radius 1 is 1.05 bits per heavy atom. The van der Waals surface area contributed by atoms with Crippen LogP contribution in [0, 0.1) is 11.8 Å². The van der Waals surface area contributed by atoms with Crippen molar-refractivity contribution in [1.82, 2.24) is 21.1 Å². The fourth-order valence-corrected chi connectivity index (χ4v) is 4.97. The van der Waals surface area contributed by atoms with Gasteiger partial charge >= 0.3 is 5.97 Å². The van der Waals surface area contributed by atoms with Crippen molar-refractivity contribution in [1.29, 1.82) is 0 Å². The molecule has 12 heteroatoms. The summed E-state index contributed by atoms with van der Waals surface area (Å²) in [5, 5.41) is 15.8. The van der Waals surface area contributed by atoms with Gasteiger partial charge in [-0.05, 0) is 48.4 Å². The Morgan fingerprint density at radius 3 is 2.33 bits per heavy atom. The third kappa shape index (κ3) is 9.81. The molecular formula is C31H41N5O7. The van der Waals surface area contributed by atoms with Crippen LogP contribution < -0.4 is 21.8 Å². The number of nitrogens with zero attached hydrogens (tertiary/aromatic N) is 1. The van der Waals surface area contributed by atoms with Crippen molar-refractivity contribution in [2.75, 3.05) is 13.7 Å². The number of phenols is 1. The number of hydrogen-bond acceptors (Lipinski definition) is 8. The fourth-order valence-electron chi connectivity index (χ4n) is 4.97. The van der Waals surface area contributed by atoms with Crippen LogP contribution in [0.15, 0.2) is 54.6 Å². The Balaban J connectivity index is 1.95. The maximum absolute atomic E-state index is 13.8. The van der Waals surface area contributed by atoms with E-state index >= 15 is 0 Å². The SMILES string of the molecule is COC(=O)[C@H](CC(C)C)NC(=O)[C@H](Cc1ccccc1)N1NC(=O)[C@H]([C@@H](N)Cc2ccc(O)cc2)CCC(=O)NCC1=O. The minimum atomic E-state index is -1.27. The first-order chi connectivity index (χ1) is 20.5. The minimum Gasteiger partial charge on any atom is -0.508 e. The third-order valence-corrected chi connectivity index (χ3v) is 7.28. The van der Waals surface area contributed by atoms with E-state index < -0.39 is 60.2 Å². The Hall–Kier alpha value is -4.45. The van der Waals surface area contributed by atoms with Crippen LogP contribution in [0.4, 0.5) is 0 Å². The van der Waals surface area contributed by atoms with Crippen molar-refractivity contribution in [2.45, 2.75) is 64.1 Å². The summed E-state index contributed by atoms with van der Waals surface area (Å²) in [6.07, 6.45) is 0.636. The monoisotopic (exact) mass is 595 g/mol. The number of rotatable bonds is 11. The Morgan fingerprint density at radius 2 is 1.70 bits per heavy atom. The zero-order chi connectivity index (χ0) is 31.5. The van der Waals surface area contributed by atoms with Crippen LogP contribution in [0.5, 0.6) is 5.75 Å². The number of carbonyl (C=O) groups is 5. The van der Waals surface area contributed by atoms with Crippen molar-refractivity contribution >= 4 is 29.6 Å². The number of aromatic hydroxyl groups is 1. The highest BCUT2D eigenvalue weighted by molar-refractivity contribution is 5.94. The predicted molar refractivity (Wildman–Crippen MR) is 158 cm³/mol. The molecule has 1 aliphatic heterocycles.